The van der Waals surface area contributed by atoms with E-state index in [9.17, 15) is 21.6 Å². The van der Waals surface area contributed by atoms with Crippen molar-refractivity contribution in [2.24, 2.45) is 5.73 Å². The highest BCUT2D eigenvalue weighted by Crippen LogP contribution is 2.24. The molecule has 3 aromatic rings. The van der Waals surface area contributed by atoms with Crippen molar-refractivity contribution in [1.29, 1.82) is 0 Å². The zero-order valence-electron chi connectivity index (χ0n) is 14.5. The van der Waals surface area contributed by atoms with Crippen molar-refractivity contribution in [3.05, 3.63) is 59.7 Å². The zero-order chi connectivity index (χ0) is 19.8. The van der Waals surface area contributed by atoms with E-state index in [1.165, 1.54) is 6.26 Å². The first-order valence-corrected chi connectivity index (χ1v) is 10.1. The molecular weight excluding hydrogens is 379 g/mol. The average molecular weight is 397 g/mol. The van der Waals surface area contributed by atoms with Gasteiger partial charge in [-0.25, -0.2) is 26.6 Å². The number of imidazole rings is 1. The second-order valence-corrected chi connectivity index (χ2v) is 8.43. The van der Waals surface area contributed by atoms with Gasteiger partial charge in [0.15, 0.2) is 21.5 Å². The largest absolute Gasteiger partial charge is 0.326 e. The summed E-state index contributed by atoms with van der Waals surface area (Å²) in [6.45, 7) is 0.707. The van der Waals surface area contributed by atoms with Gasteiger partial charge >= 0.3 is 0 Å². The number of halogens is 3. The van der Waals surface area contributed by atoms with Gasteiger partial charge in [0.25, 0.3) is 0 Å². The number of nitrogens with two attached hydrogens (primary N) is 1. The Morgan fingerprint density at radius 2 is 1.85 bits per heavy atom. The molecule has 5 nitrogen and oxygen atoms in total. The highest BCUT2D eigenvalue weighted by molar-refractivity contribution is 7.90. The minimum Gasteiger partial charge on any atom is -0.326 e. The molecule has 0 saturated heterocycles. The van der Waals surface area contributed by atoms with Crippen LogP contribution in [0.25, 0.3) is 11.0 Å². The molecule has 1 aromatic heterocycles. The summed E-state index contributed by atoms with van der Waals surface area (Å²) in [5.41, 5.74) is 7.66. The Hall–Kier alpha value is -2.39. The first-order valence-electron chi connectivity index (χ1n) is 8.20. The summed E-state index contributed by atoms with van der Waals surface area (Å²) in [5.74, 6) is -1.96. The van der Waals surface area contributed by atoms with Crippen LogP contribution in [0.5, 0.6) is 0 Å². The van der Waals surface area contributed by atoms with E-state index in [0.717, 1.165) is 41.8 Å². The maximum atomic E-state index is 12.0. The van der Waals surface area contributed by atoms with Gasteiger partial charge in [-0.1, -0.05) is 0 Å². The Morgan fingerprint density at radius 1 is 1.11 bits per heavy atom. The molecule has 144 valence electrons. The molecule has 0 radical (unpaired) electrons. The van der Waals surface area contributed by atoms with Gasteiger partial charge in [-0.2, -0.15) is 0 Å². The van der Waals surface area contributed by atoms with Crippen molar-refractivity contribution in [3.8, 4) is 0 Å². The monoisotopic (exact) mass is 397 g/mol. The third-order valence-electron chi connectivity index (χ3n) is 4.26. The smallest absolute Gasteiger partial charge is 0.175 e. The predicted molar refractivity (Wildman–Crippen MR) is 95.5 cm³/mol. The lowest BCUT2D eigenvalue weighted by Crippen LogP contribution is -2.31. The van der Waals surface area contributed by atoms with E-state index in [4.69, 9.17) is 5.73 Å². The molecule has 0 fully saturated rings. The molecule has 27 heavy (non-hydrogen) atoms. The highest BCUT2D eigenvalue weighted by atomic mass is 32.2. The van der Waals surface area contributed by atoms with E-state index < -0.39 is 27.3 Å². The maximum absolute atomic E-state index is 12.0. The second kappa shape index (κ2) is 7.32. The minimum atomic E-state index is -3.18. The van der Waals surface area contributed by atoms with E-state index in [0.29, 0.717) is 17.5 Å². The number of aryl methyl sites for hydroxylation is 1. The molecule has 0 saturated carbocycles. The van der Waals surface area contributed by atoms with Crippen molar-refractivity contribution in [3.63, 3.8) is 0 Å². The quantitative estimate of drug-likeness (QED) is 0.641. The van der Waals surface area contributed by atoms with Crippen LogP contribution in [-0.4, -0.2) is 30.3 Å². The molecule has 4 rings (SSSR count). The summed E-state index contributed by atoms with van der Waals surface area (Å²) < 4.78 is 61.1. The van der Waals surface area contributed by atoms with Crippen LogP contribution < -0.4 is 5.73 Å². The number of hydrogen-bond acceptors (Lipinski definition) is 4. The number of hydrogen-bond donors (Lipinski definition) is 1. The van der Waals surface area contributed by atoms with Gasteiger partial charge in [0.05, 0.1) is 15.9 Å². The average Bonchev–Trinajstić information content (AvgIpc) is 2.95. The van der Waals surface area contributed by atoms with Gasteiger partial charge in [-0.15, -0.1) is 0 Å². The van der Waals surface area contributed by atoms with Gasteiger partial charge in [0, 0.05) is 31.3 Å². The zero-order valence-corrected chi connectivity index (χ0v) is 15.3. The molecule has 2 N–H and O–H groups in total. The number of aromatic nitrogens is 2. The summed E-state index contributed by atoms with van der Waals surface area (Å²) in [4.78, 5) is 4.85. The third-order valence-corrected chi connectivity index (χ3v) is 5.37. The summed E-state index contributed by atoms with van der Waals surface area (Å²) in [7, 11) is -3.18. The highest BCUT2D eigenvalue weighted by Gasteiger charge is 2.20. The fourth-order valence-electron chi connectivity index (χ4n) is 2.89. The first kappa shape index (κ1) is 19.4. The number of fused-ring (bicyclic) bond motifs is 3. The van der Waals surface area contributed by atoms with Gasteiger partial charge in [-0.3, -0.25) is 0 Å². The standard InChI is InChI=1S/C12H15N3O2S.C6H3F3/c1-18(16,17)9-3-4-10-11(6-9)15-7-8(13)2-5-12(15)14-10;7-4-1-2-5(8)6(9)3-4/h3-4,6,8H,2,5,7,13H2,1H3;1-3H/t8-;/m1./s1. The van der Waals surface area contributed by atoms with E-state index in [-0.39, 0.29) is 6.04 Å². The molecule has 1 aliphatic rings. The van der Waals surface area contributed by atoms with Crippen LogP contribution in [0, 0.1) is 17.5 Å². The second-order valence-electron chi connectivity index (χ2n) is 6.42. The van der Waals surface area contributed by atoms with Crippen molar-refractivity contribution in [2.45, 2.75) is 30.3 Å². The van der Waals surface area contributed by atoms with E-state index in [1.54, 1.807) is 18.2 Å². The lowest BCUT2D eigenvalue weighted by molar-refractivity contribution is 0.461. The van der Waals surface area contributed by atoms with Crippen molar-refractivity contribution >= 4 is 20.9 Å². The molecule has 0 unspecified atom stereocenters. The van der Waals surface area contributed by atoms with Crippen LogP contribution in [-0.2, 0) is 22.8 Å². The third kappa shape index (κ3) is 4.30. The Labute approximate surface area is 154 Å². The molecule has 0 amide bonds. The van der Waals surface area contributed by atoms with Crippen LogP contribution >= 0.6 is 0 Å². The molecule has 1 atom stereocenters. The van der Waals surface area contributed by atoms with Gasteiger partial charge in [-0.05, 0) is 36.8 Å². The van der Waals surface area contributed by atoms with Crippen LogP contribution in [0.1, 0.15) is 12.2 Å². The molecule has 9 heteroatoms. The fourth-order valence-corrected chi connectivity index (χ4v) is 3.53. The lowest BCUT2D eigenvalue weighted by atomic mass is 10.1. The number of sulfone groups is 1. The van der Waals surface area contributed by atoms with E-state index in [2.05, 4.69) is 4.98 Å². The Morgan fingerprint density at radius 3 is 2.48 bits per heavy atom. The Kier molecular flexibility index (Phi) is 5.25. The van der Waals surface area contributed by atoms with Gasteiger partial charge < -0.3 is 10.3 Å². The number of benzene rings is 2. The van der Waals surface area contributed by atoms with E-state index >= 15 is 0 Å². The summed E-state index contributed by atoms with van der Waals surface area (Å²) in [6, 6.07) is 7.29. The molecule has 2 aromatic carbocycles. The molecular formula is C18H18F3N3O2S. The van der Waals surface area contributed by atoms with Crippen LogP contribution in [0.15, 0.2) is 41.3 Å². The molecule has 2 heterocycles. The van der Waals surface area contributed by atoms with Crippen LogP contribution in [0.4, 0.5) is 13.2 Å². The van der Waals surface area contributed by atoms with Crippen molar-refractivity contribution in [1.82, 2.24) is 9.55 Å². The minimum absolute atomic E-state index is 0.122. The van der Waals surface area contributed by atoms with Gasteiger partial charge in [0.2, 0.25) is 0 Å². The topological polar surface area (TPSA) is 78.0 Å². The van der Waals surface area contributed by atoms with Crippen molar-refractivity contribution < 1.29 is 21.6 Å². The number of rotatable bonds is 1. The normalized spacial score (nSPS) is 16.6. The number of nitrogens with zero attached hydrogens (tertiary/aromatic N) is 2. The predicted octanol–water partition coefficient (Wildman–Crippen LogP) is 2.82. The van der Waals surface area contributed by atoms with Crippen molar-refractivity contribution in [2.75, 3.05) is 6.26 Å². The lowest BCUT2D eigenvalue weighted by Gasteiger charge is -2.20. The van der Waals surface area contributed by atoms with Crippen LogP contribution in [0.3, 0.4) is 0 Å². The molecule has 0 bridgehead atoms. The molecule has 0 spiro atoms. The Balaban J connectivity index is 0.000000197. The summed E-state index contributed by atoms with van der Waals surface area (Å²) >= 11 is 0. The fraction of sp³-hybridized carbons (Fsp3) is 0.278. The van der Waals surface area contributed by atoms with Crippen LogP contribution in [0.2, 0.25) is 0 Å². The summed E-state index contributed by atoms with van der Waals surface area (Å²) in [5, 5.41) is 0. The molecule has 1 aliphatic heterocycles. The SMILES string of the molecule is CS(=O)(=O)c1ccc2nc3n(c2c1)C[C@H](N)CC3.Fc1ccc(F)c(F)c1. The summed E-state index contributed by atoms with van der Waals surface area (Å²) in [6.07, 6.45) is 3.00. The Bertz CT molecular complexity index is 1100. The maximum Gasteiger partial charge on any atom is 0.175 e. The first-order chi connectivity index (χ1) is 12.6. The van der Waals surface area contributed by atoms with Gasteiger partial charge in [0.1, 0.15) is 11.6 Å². The van der Waals surface area contributed by atoms with E-state index in [1.807, 2.05) is 4.57 Å². The molecule has 0 aliphatic carbocycles.